The minimum absolute atomic E-state index is 0.00463. The maximum Gasteiger partial charge on any atom is 0.242 e. The molecular formula is C56H137F3N2O6. The zero-order valence-electron chi connectivity index (χ0n) is 53.7. The Morgan fingerprint density at radius 2 is 0.701 bits per heavy atom. The Labute approximate surface area is 425 Å². The van der Waals surface area contributed by atoms with Gasteiger partial charge in [-0.3, -0.25) is 9.59 Å². The fraction of sp³-hybridized carbons (Fsp3) is 0.946. The highest BCUT2D eigenvalue weighted by molar-refractivity contribution is 5.72. The normalized spacial score (nSPS) is 8.49. The van der Waals surface area contributed by atoms with Crippen LogP contribution in [0.1, 0.15) is 273 Å². The van der Waals surface area contributed by atoms with Crippen LogP contribution in [0.4, 0.5) is 13.2 Å². The molecule has 0 bridgehead atoms. The molecule has 11 heteroatoms. The van der Waals surface area contributed by atoms with Gasteiger partial charge in [0, 0.05) is 62.9 Å². The summed E-state index contributed by atoms with van der Waals surface area (Å²) in [5.74, 6) is -0.519. The first-order valence-electron chi connectivity index (χ1n) is 25.4. The van der Waals surface area contributed by atoms with Crippen molar-refractivity contribution in [1.29, 1.82) is 0 Å². The summed E-state index contributed by atoms with van der Waals surface area (Å²) >= 11 is 0. The van der Waals surface area contributed by atoms with Crippen LogP contribution in [0.15, 0.2) is 0 Å². The Balaban J connectivity index is -0.0000000298. The molecule has 0 unspecified atom stereocenters. The number of methoxy groups -OCH3 is 2. The zero-order chi connectivity index (χ0) is 59.0. The van der Waals surface area contributed by atoms with Crippen molar-refractivity contribution >= 4 is 17.6 Å². The van der Waals surface area contributed by atoms with Gasteiger partial charge in [0.1, 0.15) is 5.78 Å². The van der Waals surface area contributed by atoms with Crippen LogP contribution in [0.25, 0.3) is 0 Å². The Hall–Kier alpha value is -1.72. The first-order valence-corrected chi connectivity index (χ1v) is 25.4. The molecule has 0 aliphatic heterocycles. The molecular weight excluding hydrogens is 854 g/mol. The van der Waals surface area contributed by atoms with Crippen LogP contribution >= 0.6 is 0 Å². The number of halogens is 3. The summed E-state index contributed by atoms with van der Waals surface area (Å²) in [6, 6.07) is 0. The maximum atomic E-state index is 11.0. The Morgan fingerprint density at radius 1 is 0.612 bits per heavy atom. The van der Waals surface area contributed by atoms with Gasteiger partial charge in [0.15, 0.2) is 0 Å². The van der Waals surface area contributed by atoms with E-state index in [0.717, 1.165) is 32.3 Å². The highest BCUT2D eigenvalue weighted by Crippen LogP contribution is 2.16. The number of hydrogen-bond donors (Lipinski definition) is 2. The first kappa shape index (κ1) is 111. The molecule has 0 atom stereocenters. The lowest BCUT2D eigenvalue weighted by atomic mass is 9.94. The molecule has 0 aromatic carbocycles. The lowest BCUT2D eigenvalue weighted by molar-refractivity contribution is -0.126. The first-order chi connectivity index (χ1) is 29.9. The summed E-state index contributed by atoms with van der Waals surface area (Å²) in [5, 5.41) is 10.9. The van der Waals surface area contributed by atoms with Gasteiger partial charge in [0.05, 0.1) is 11.8 Å². The molecule has 0 aromatic heterocycles. The van der Waals surface area contributed by atoms with Gasteiger partial charge in [0.2, 0.25) is 17.7 Å². The van der Waals surface area contributed by atoms with Crippen molar-refractivity contribution in [3.8, 4) is 0 Å². The van der Waals surface area contributed by atoms with Crippen LogP contribution in [0, 0.1) is 17.3 Å². The number of carbonyl (C=O) groups excluding carboxylic acids is 3. The Morgan fingerprint density at radius 3 is 0.701 bits per heavy atom. The number of rotatable bonds is 4. The molecule has 0 saturated carbocycles. The summed E-state index contributed by atoms with van der Waals surface area (Å²) < 4.78 is 41.8. The number of unbranched alkanes of at least 4 members (excludes halogenated alkanes) is 2. The minimum Gasteiger partial charge on any atom is -0.391 e. The fourth-order valence-electron chi connectivity index (χ4n) is 0. The standard InChI is InChI=1S/C6H14.C5H12.C4H9NO.C4H10O.3C4H10.C3H6F2.C3H7F.C3H7NO.C3H8O.C3H6O.2C3H8.C2H6O.C2H6/c1-5-6(2,3)4;1-4-5(2)3;1-4(6)5(2)3;1-4(2,3)5;1-4(2)3;2*1-3-4-2;1-3(2,4)5;1-3(2)4;1-3(5)4-2;1-3-4-2;1-3(2)4;3*1-3-2;1-2/h5H2,1-4H3;5H,4H2,1-3H3;1-3H3;5H,1-3H3;4H,1-3H3;2*3-4H2,1-2H3;1-2H3;3H,1-2H3;1-2H3,(H,4,5);3H2,1-2H3;1-2H3;2*3H2,1-2H3;1-2H3;1-2H3. The quantitative estimate of drug-likeness (QED) is 0.291. The van der Waals surface area contributed by atoms with Gasteiger partial charge in [-0.15, -0.1) is 0 Å². The van der Waals surface area contributed by atoms with E-state index in [1.807, 2.05) is 20.8 Å². The molecule has 0 radical (unpaired) electrons. The number of hydrogen-bond acceptors (Lipinski definition) is 6. The van der Waals surface area contributed by atoms with E-state index in [-0.39, 0.29) is 17.6 Å². The van der Waals surface area contributed by atoms with Crippen molar-refractivity contribution in [2.75, 3.05) is 49.1 Å². The third-order valence-electron chi connectivity index (χ3n) is 4.15. The van der Waals surface area contributed by atoms with Gasteiger partial charge in [-0.25, -0.2) is 13.2 Å². The third-order valence-corrected chi connectivity index (χ3v) is 4.15. The largest absolute Gasteiger partial charge is 0.391 e. The molecule has 428 valence electrons. The molecule has 0 spiro atoms. The average molecular weight is 992 g/mol. The van der Waals surface area contributed by atoms with Gasteiger partial charge >= 0.3 is 0 Å². The summed E-state index contributed by atoms with van der Waals surface area (Å²) in [5.41, 5.74) is 0.0417. The van der Waals surface area contributed by atoms with Gasteiger partial charge in [-0.2, -0.15) is 0 Å². The van der Waals surface area contributed by atoms with Crippen molar-refractivity contribution in [3.63, 3.8) is 0 Å². The van der Waals surface area contributed by atoms with Crippen molar-refractivity contribution < 1.29 is 42.1 Å². The summed E-state index contributed by atoms with van der Waals surface area (Å²) in [7, 11) is 9.98. The zero-order valence-corrected chi connectivity index (χ0v) is 53.7. The molecule has 8 nitrogen and oxygen atoms in total. The second kappa shape index (κ2) is 106. The number of ketones is 1. The molecule has 2 N–H and O–H groups in total. The van der Waals surface area contributed by atoms with Crippen molar-refractivity contribution in [1.82, 2.24) is 10.2 Å². The smallest absolute Gasteiger partial charge is 0.242 e. The van der Waals surface area contributed by atoms with E-state index in [2.05, 4.69) is 139 Å². The number of aliphatic hydroxyl groups is 1. The van der Waals surface area contributed by atoms with Gasteiger partial charge in [-0.05, 0) is 86.5 Å². The van der Waals surface area contributed by atoms with Crippen LogP contribution in [0.2, 0.25) is 0 Å². The number of amides is 2. The average Bonchev–Trinajstić information content (AvgIpc) is 3.15. The van der Waals surface area contributed by atoms with Crippen LogP contribution < -0.4 is 5.32 Å². The monoisotopic (exact) mass is 991 g/mol. The lowest BCUT2D eigenvalue weighted by Gasteiger charge is -2.12. The lowest BCUT2D eigenvalue weighted by Crippen LogP contribution is -2.17. The van der Waals surface area contributed by atoms with E-state index >= 15 is 0 Å². The van der Waals surface area contributed by atoms with Gasteiger partial charge in [-0.1, -0.05) is 190 Å². The number of ether oxygens (including phenoxy) is 2. The van der Waals surface area contributed by atoms with Crippen molar-refractivity contribution in [2.45, 2.75) is 291 Å². The molecule has 0 heterocycles. The second-order valence-electron chi connectivity index (χ2n) is 18.5. The van der Waals surface area contributed by atoms with E-state index in [9.17, 15) is 27.6 Å². The van der Waals surface area contributed by atoms with Gasteiger partial charge in [0.25, 0.3) is 0 Å². The Bertz CT molecular complexity index is 659. The molecule has 2 amide bonds. The molecule has 0 rings (SSSR count). The molecule has 0 aliphatic rings. The molecule has 67 heavy (non-hydrogen) atoms. The third kappa shape index (κ3) is 1650. The van der Waals surface area contributed by atoms with Crippen LogP contribution in [0.5, 0.6) is 0 Å². The number of Topliss-reactive ketones (excluding diaryl/α,β-unsaturated/α-hetero) is 1. The van der Waals surface area contributed by atoms with E-state index in [1.54, 1.807) is 63.2 Å². The Kier molecular flexibility index (Phi) is 176. The predicted octanol–water partition coefficient (Wildman–Crippen LogP) is 18.8. The molecule has 0 aliphatic carbocycles. The predicted molar refractivity (Wildman–Crippen MR) is 305 cm³/mol. The number of alkyl halides is 3. The van der Waals surface area contributed by atoms with Crippen molar-refractivity contribution in [3.05, 3.63) is 0 Å². The fourth-order valence-corrected chi connectivity index (χ4v) is 0. The number of carbonyl (C=O) groups is 3. The summed E-state index contributed by atoms with van der Waals surface area (Å²) in [6.45, 7) is 62.1. The minimum atomic E-state index is -2.50. The van der Waals surface area contributed by atoms with Crippen LogP contribution in [0.3, 0.4) is 0 Å². The molecule has 0 saturated heterocycles. The topological polar surface area (TPSA) is 105 Å². The summed E-state index contributed by atoms with van der Waals surface area (Å²) in [6.07, 6.45) is 9.69. The van der Waals surface area contributed by atoms with Crippen LogP contribution in [-0.2, 0) is 23.9 Å². The van der Waals surface area contributed by atoms with E-state index in [4.69, 9.17) is 5.11 Å². The maximum absolute atomic E-state index is 11.0. The summed E-state index contributed by atoms with van der Waals surface area (Å²) in [4.78, 5) is 30.7. The van der Waals surface area contributed by atoms with Crippen LogP contribution in [-0.4, -0.2) is 94.4 Å². The highest BCUT2D eigenvalue weighted by Gasteiger charge is 2.08. The van der Waals surface area contributed by atoms with E-state index < -0.39 is 17.7 Å². The highest BCUT2D eigenvalue weighted by atomic mass is 19.3. The number of nitrogens with one attached hydrogen (secondary N) is 1. The van der Waals surface area contributed by atoms with Crippen molar-refractivity contribution in [2.24, 2.45) is 17.3 Å². The van der Waals surface area contributed by atoms with Gasteiger partial charge < -0.3 is 29.6 Å². The molecule has 0 fully saturated rings. The van der Waals surface area contributed by atoms with E-state index in [0.29, 0.717) is 5.41 Å². The molecule has 0 aromatic rings. The number of nitrogens with zero attached hydrogens (tertiary/aromatic N) is 1. The SMILES string of the molecule is CC.CC(=O)N(C)C.CC(C)(C)O.CC(C)(F)F.CC(C)=O.CC(C)C.CC(C)F.CCC.CCC.CCC(C)(C)C.CCC(C)C.CCCC.CCCC.CCOC.CNC(C)=O.COC. The second-order valence-corrected chi connectivity index (χ2v) is 18.5. The van der Waals surface area contributed by atoms with E-state index in [1.165, 1.54) is 97.8 Å².